The summed E-state index contributed by atoms with van der Waals surface area (Å²) < 4.78 is 1.75. The Kier molecular flexibility index (Phi) is 3.43. The van der Waals surface area contributed by atoms with Crippen molar-refractivity contribution in [2.75, 3.05) is 0 Å². The molecule has 106 valence electrons. The number of hydrogen-bond acceptors (Lipinski definition) is 3. The topological polar surface area (TPSA) is 56.7 Å². The first kappa shape index (κ1) is 13.7. The number of thiocarbonyl (C=S) groups is 1. The third-order valence-electron chi connectivity index (χ3n) is 3.39. The van der Waals surface area contributed by atoms with E-state index < -0.39 is 0 Å². The first-order valence-electron chi connectivity index (χ1n) is 6.82. The number of nitrogens with zero attached hydrogens (tertiary/aromatic N) is 3. The highest BCUT2D eigenvalue weighted by atomic mass is 32.1. The zero-order chi connectivity index (χ0) is 15.0. The second-order valence-electron chi connectivity index (χ2n) is 5.26. The van der Waals surface area contributed by atoms with Gasteiger partial charge in [-0.05, 0) is 24.1 Å². The Bertz CT molecular complexity index is 820. The molecule has 4 nitrogen and oxygen atoms in total. The number of benzene rings is 1. The molecule has 0 fully saturated rings. The summed E-state index contributed by atoms with van der Waals surface area (Å²) in [7, 11) is 0. The number of aromatic nitrogens is 3. The first-order valence-corrected chi connectivity index (χ1v) is 7.22. The van der Waals surface area contributed by atoms with Gasteiger partial charge in [0.25, 0.3) is 0 Å². The molecular weight excluding hydrogens is 280 g/mol. The van der Waals surface area contributed by atoms with Crippen LogP contribution in [0.2, 0.25) is 0 Å². The smallest absolute Gasteiger partial charge is 0.164 e. The molecule has 3 rings (SSSR count). The Labute approximate surface area is 128 Å². The van der Waals surface area contributed by atoms with Gasteiger partial charge in [0.2, 0.25) is 0 Å². The fraction of sp³-hybridized carbons (Fsp3) is 0.188. The van der Waals surface area contributed by atoms with Crippen molar-refractivity contribution in [3.8, 4) is 5.82 Å². The lowest BCUT2D eigenvalue weighted by Gasteiger charge is -2.09. The van der Waals surface area contributed by atoms with Gasteiger partial charge in [0.1, 0.15) is 4.99 Å². The van der Waals surface area contributed by atoms with Gasteiger partial charge in [-0.25, -0.2) is 9.67 Å². The van der Waals surface area contributed by atoms with Crippen molar-refractivity contribution in [3.05, 3.63) is 53.9 Å². The number of fused-ring (bicyclic) bond motifs is 1. The van der Waals surface area contributed by atoms with Crippen LogP contribution in [0, 0.1) is 0 Å². The average Bonchev–Trinajstić information content (AvgIpc) is 2.95. The summed E-state index contributed by atoms with van der Waals surface area (Å²) in [5.74, 6) is 1.04. The van der Waals surface area contributed by atoms with Crippen molar-refractivity contribution in [1.29, 1.82) is 0 Å². The second-order valence-corrected chi connectivity index (χ2v) is 5.70. The number of rotatable bonds is 3. The standard InChI is InChI=1S/C16H16N4S/c1-10(2)13-7-8-20(19-13)16-12(15(17)21)9-11-5-3-4-6-14(11)18-16/h3-10H,1-2H3,(H2,17,21). The lowest BCUT2D eigenvalue weighted by atomic mass is 10.1. The molecule has 0 aliphatic heterocycles. The fourth-order valence-electron chi connectivity index (χ4n) is 2.23. The second kappa shape index (κ2) is 5.26. The fourth-order valence-corrected chi connectivity index (χ4v) is 2.38. The van der Waals surface area contributed by atoms with Gasteiger partial charge in [0.05, 0.1) is 16.8 Å². The van der Waals surface area contributed by atoms with Crippen LogP contribution in [0.3, 0.4) is 0 Å². The molecule has 3 aromatic rings. The summed E-state index contributed by atoms with van der Waals surface area (Å²) >= 11 is 5.17. The van der Waals surface area contributed by atoms with E-state index >= 15 is 0 Å². The molecule has 0 saturated carbocycles. The van der Waals surface area contributed by atoms with Gasteiger partial charge < -0.3 is 5.73 Å². The van der Waals surface area contributed by atoms with Gasteiger partial charge in [-0.1, -0.05) is 44.3 Å². The number of nitrogens with two attached hydrogens (primary N) is 1. The van der Waals surface area contributed by atoms with Crippen LogP contribution in [0.15, 0.2) is 42.6 Å². The van der Waals surface area contributed by atoms with E-state index in [2.05, 4.69) is 23.9 Å². The Morgan fingerprint density at radius 1 is 1.24 bits per heavy atom. The third kappa shape index (κ3) is 2.52. The van der Waals surface area contributed by atoms with E-state index in [0.717, 1.165) is 22.2 Å². The predicted molar refractivity (Wildman–Crippen MR) is 88.8 cm³/mol. The minimum absolute atomic E-state index is 0.324. The van der Waals surface area contributed by atoms with Crippen molar-refractivity contribution in [2.45, 2.75) is 19.8 Å². The highest BCUT2D eigenvalue weighted by molar-refractivity contribution is 7.80. The number of para-hydroxylation sites is 1. The van der Waals surface area contributed by atoms with E-state index in [4.69, 9.17) is 18.0 Å². The monoisotopic (exact) mass is 296 g/mol. The highest BCUT2D eigenvalue weighted by Gasteiger charge is 2.13. The van der Waals surface area contributed by atoms with Gasteiger partial charge in [0, 0.05) is 11.6 Å². The van der Waals surface area contributed by atoms with Crippen LogP contribution >= 0.6 is 12.2 Å². The molecule has 21 heavy (non-hydrogen) atoms. The Hall–Kier alpha value is -2.27. The number of pyridine rings is 1. The Morgan fingerprint density at radius 3 is 2.67 bits per heavy atom. The zero-order valence-electron chi connectivity index (χ0n) is 11.9. The van der Waals surface area contributed by atoms with Crippen molar-refractivity contribution < 1.29 is 0 Å². The van der Waals surface area contributed by atoms with Crippen LogP contribution in [0.5, 0.6) is 0 Å². The lowest BCUT2D eigenvalue weighted by Crippen LogP contribution is -2.15. The summed E-state index contributed by atoms with van der Waals surface area (Å²) in [5.41, 5.74) is 8.51. The maximum Gasteiger partial charge on any atom is 0.164 e. The van der Waals surface area contributed by atoms with Crippen molar-refractivity contribution in [1.82, 2.24) is 14.8 Å². The normalized spacial score (nSPS) is 11.2. The summed E-state index contributed by atoms with van der Waals surface area (Å²) in [5, 5.41) is 5.58. The van der Waals surface area contributed by atoms with Crippen molar-refractivity contribution >= 4 is 28.1 Å². The van der Waals surface area contributed by atoms with E-state index in [-0.39, 0.29) is 0 Å². The Morgan fingerprint density at radius 2 is 2.00 bits per heavy atom. The van der Waals surface area contributed by atoms with Gasteiger partial charge in [-0.3, -0.25) is 0 Å². The minimum Gasteiger partial charge on any atom is -0.389 e. The van der Waals surface area contributed by atoms with E-state index in [9.17, 15) is 0 Å². The van der Waals surface area contributed by atoms with E-state index in [0.29, 0.717) is 16.7 Å². The molecule has 0 atom stereocenters. The van der Waals surface area contributed by atoms with Gasteiger partial charge in [-0.2, -0.15) is 5.10 Å². The average molecular weight is 296 g/mol. The molecule has 0 radical (unpaired) electrons. The van der Waals surface area contributed by atoms with Crippen LogP contribution in [0.4, 0.5) is 0 Å². The first-order chi connectivity index (χ1) is 10.1. The van der Waals surface area contributed by atoms with Crippen LogP contribution in [0.25, 0.3) is 16.7 Å². The molecule has 5 heteroatoms. The molecule has 0 spiro atoms. The molecular formula is C16H16N4S. The molecule has 0 amide bonds. The Balaban J connectivity index is 2.23. The van der Waals surface area contributed by atoms with Crippen LogP contribution in [0.1, 0.15) is 31.0 Å². The van der Waals surface area contributed by atoms with E-state index in [1.807, 2.05) is 42.6 Å². The van der Waals surface area contributed by atoms with Crippen LogP contribution in [-0.4, -0.2) is 19.8 Å². The maximum atomic E-state index is 5.86. The lowest BCUT2D eigenvalue weighted by molar-refractivity contribution is 0.759. The summed E-state index contributed by atoms with van der Waals surface area (Å²) in [6.07, 6.45) is 1.90. The summed E-state index contributed by atoms with van der Waals surface area (Å²) in [6.45, 7) is 4.21. The van der Waals surface area contributed by atoms with E-state index in [1.165, 1.54) is 0 Å². The third-order valence-corrected chi connectivity index (χ3v) is 3.61. The van der Waals surface area contributed by atoms with E-state index in [1.54, 1.807) is 4.68 Å². The molecule has 2 heterocycles. The molecule has 0 bridgehead atoms. The van der Waals surface area contributed by atoms with Crippen LogP contribution < -0.4 is 5.73 Å². The molecule has 0 saturated heterocycles. The summed E-state index contributed by atoms with van der Waals surface area (Å²) in [6, 6.07) is 11.9. The molecule has 0 aliphatic carbocycles. The SMILES string of the molecule is CC(C)c1ccn(-c2nc3ccccc3cc2C(N)=S)n1. The van der Waals surface area contributed by atoms with Gasteiger partial charge in [0.15, 0.2) is 5.82 Å². The quantitative estimate of drug-likeness (QED) is 0.754. The molecule has 2 N–H and O–H groups in total. The molecule has 0 unspecified atom stereocenters. The predicted octanol–water partition coefficient (Wildman–Crippen LogP) is 3.18. The molecule has 0 aliphatic rings. The van der Waals surface area contributed by atoms with Crippen LogP contribution in [-0.2, 0) is 0 Å². The van der Waals surface area contributed by atoms with Crippen molar-refractivity contribution in [3.63, 3.8) is 0 Å². The minimum atomic E-state index is 0.324. The van der Waals surface area contributed by atoms with Gasteiger partial charge >= 0.3 is 0 Å². The summed E-state index contributed by atoms with van der Waals surface area (Å²) in [4.78, 5) is 5.00. The molecule has 1 aromatic carbocycles. The maximum absolute atomic E-state index is 5.86. The van der Waals surface area contributed by atoms with Gasteiger partial charge in [-0.15, -0.1) is 0 Å². The van der Waals surface area contributed by atoms with Crippen molar-refractivity contribution in [2.24, 2.45) is 5.73 Å². The number of hydrogen-bond donors (Lipinski definition) is 1. The largest absolute Gasteiger partial charge is 0.389 e. The highest BCUT2D eigenvalue weighted by Crippen LogP contribution is 2.21. The zero-order valence-corrected chi connectivity index (χ0v) is 12.8. The molecule has 2 aromatic heterocycles.